The van der Waals surface area contributed by atoms with E-state index in [4.69, 9.17) is 18.6 Å². The molecule has 1 rings (SSSR count). The molecule has 14 heavy (non-hydrogen) atoms. The topological polar surface area (TPSA) is 36.9 Å². The minimum atomic E-state index is -0.911. The Hall–Kier alpha value is 0.0569. The van der Waals surface area contributed by atoms with Crippen LogP contribution in [0.2, 0.25) is 0 Å². The van der Waals surface area contributed by atoms with Gasteiger partial charge in [0.25, 0.3) is 5.97 Å². The van der Waals surface area contributed by atoms with Gasteiger partial charge in [0, 0.05) is 6.42 Å². The summed E-state index contributed by atoms with van der Waals surface area (Å²) in [5.41, 5.74) is 0. The number of ether oxygens (including phenoxy) is 3. The molecule has 0 saturated carbocycles. The van der Waals surface area contributed by atoms with Gasteiger partial charge in [-0.15, -0.1) is 0 Å². The van der Waals surface area contributed by atoms with Crippen molar-refractivity contribution in [2.75, 3.05) is 13.2 Å². The molecule has 3 radical (unpaired) electrons. The van der Waals surface area contributed by atoms with Crippen molar-refractivity contribution in [3.63, 3.8) is 0 Å². The summed E-state index contributed by atoms with van der Waals surface area (Å²) in [6.45, 7) is 5.28. The van der Waals surface area contributed by atoms with E-state index in [-0.39, 0.29) is 6.29 Å². The van der Waals surface area contributed by atoms with Gasteiger partial charge in [-0.2, -0.15) is 0 Å². The largest absolute Gasteiger partial charge is 0.394 e. The van der Waals surface area contributed by atoms with Crippen molar-refractivity contribution in [2.24, 2.45) is 0 Å². The lowest BCUT2D eigenvalue weighted by Gasteiger charge is -2.37. The van der Waals surface area contributed by atoms with E-state index >= 15 is 0 Å². The van der Waals surface area contributed by atoms with Gasteiger partial charge >= 0.3 is 0 Å². The quantitative estimate of drug-likeness (QED) is 0.514. The lowest BCUT2D eigenvalue weighted by Crippen LogP contribution is -2.45. The van der Waals surface area contributed by atoms with E-state index < -0.39 is 5.97 Å². The van der Waals surface area contributed by atoms with E-state index in [1.807, 2.05) is 13.8 Å². The first-order chi connectivity index (χ1) is 6.76. The number of rotatable bonds is 5. The van der Waals surface area contributed by atoms with Crippen LogP contribution in [0.5, 0.6) is 0 Å². The first kappa shape index (κ1) is 12.1. The minimum absolute atomic E-state index is 0.343. The summed E-state index contributed by atoms with van der Waals surface area (Å²) >= 11 is 0. The van der Waals surface area contributed by atoms with Gasteiger partial charge in [0.1, 0.15) is 0 Å². The van der Waals surface area contributed by atoms with Crippen LogP contribution in [0.3, 0.4) is 0 Å². The normalized spacial score (nSPS) is 23.4. The molecule has 1 atom stereocenters. The van der Waals surface area contributed by atoms with Crippen LogP contribution >= 0.6 is 0 Å². The maximum Gasteiger partial charge on any atom is 0.284 e. The summed E-state index contributed by atoms with van der Waals surface area (Å²) in [5.74, 6) is -0.911. The van der Waals surface area contributed by atoms with Gasteiger partial charge in [-0.05, 0) is 12.8 Å². The van der Waals surface area contributed by atoms with Gasteiger partial charge in [-0.3, -0.25) is 4.74 Å². The fourth-order valence-electron chi connectivity index (χ4n) is 1.30. The molecule has 1 fully saturated rings. The van der Waals surface area contributed by atoms with E-state index in [2.05, 4.69) is 10.5 Å². The molecule has 1 unspecified atom stereocenters. The van der Waals surface area contributed by atoms with Gasteiger partial charge in [-0.25, -0.2) is 0 Å². The molecule has 0 amide bonds. The van der Waals surface area contributed by atoms with Crippen molar-refractivity contribution in [3.8, 4) is 0 Å². The molecule has 1 heterocycles. The Morgan fingerprint density at radius 1 is 1.36 bits per heavy atom. The van der Waals surface area contributed by atoms with Crippen LogP contribution < -0.4 is 0 Å². The van der Waals surface area contributed by atoms with Gasteiger partial charge in [0.05, 0.1) is 13.2 Å². The van der Waals surface area contributed by atoms with Crippen molar-refractivity contribution in [1.82, 2.24) is 0 Å². The predicted molar refractivity (Wildman–Crippen MR) is 51.5 cm³/mol. The van der Waals surface area contributed by atoms with Crippen LogP contribution in [0.15, 0.2) is 0 Å². The summed E-state index contributed by atoms with van der Waals surface area (Å²) in [7, 11) is 2.97. The third-order valence-electron chi connectivity index (χ3n) is 2.14. The van der Waals surface area contributed by atoms with Gasteiger partial charge < -0.3 is 13.9 Å². The molecule has 1 aliphatic rings. The minimum Gasteiger partial charge on any atom is -0.394 e. The molecule has 81 valence electrons. The van der Waals surface area contributed by atoms with Crippen molar-refractivity contribution < 1.29 is 18.6 Å². The Morgan fingerprint density at radius 2 is 2.00 bits per heavy atom. The molecule has 4 nitrogen and oxygen atoms in total. The fraction of sp³-hybridized carbons (Fsp3) is 1.00. The molecule has 1 saturated heterocycles. The average molecular weight is 217 g/mol. The summed E-state index contributed by atoms with van der Waals surface area (Å²) in [5, 5.41) is 0. The Balaban J connectivity index is 2.50. The van der Waals surface area contributed by atoms with Gasteiger partial charge in [0.2, 0.25) is 10.5 Å². The predicted octanol–water partition coefficient (Wildman–Crippen LogP) is 1.34. The van der Waals surface area contributed by atoms with Crippen LogP contribution in [0, 0.1) is 0 Å². The molecule has 5 heteroatoms. The maximum absolute atomic E-state index is 5.61. The van der Waals surface area contributed by atoms with Crippen LogP contribution in [-0.2, 0) is 18.6 Å². The molecule has 0 aliphatic carbocycles. The standard InChI is InChI=1S/C9H17O4Si/c1-3-8(13-14)12-9(4-2)10-6-5-7-11-9/h8H,3-7H2,1-2H3. The first-order valence-corrected chi connectivity index (χ1v) is 5.45. The molecule has 0 aromatic carbocycles. The monoisotopic (exact) mass is 217 g/mol. The van der Waals surface area contributed by atoms with Gasteiger partial charge in [-0.1, -0.05) is 13.8 Å². The third-order valence-corrected chi connectivity index (χ3v) is 2.40. The highest BCUT2D eigenvalue weighted by Gasteiger charge is 2.36. The molecule has 0 aromatic rings. The lowest BCUT2D eigenvalue weighted by atomic mass is 10.3. The average Bonchev–Trinajstić information content (AvgIpc) is 2.27. The van der Waals surface area contributed by atoms with Crippen LogP contribution in [0.25, 0.3) is 0 Å². The van der Waals surface area contributed by atoms with Crippen LogP contribution in [0.4, 0.5) is 0 Å². The Kier molecular flexibility index (Phi) is 5.04. The zero-order chi connectivity index (χ0) is 10.4. The summed E-state index contributed by atoms with van der Waals surface area (Å²) < 4.78 is 21.6. The summed E-state index contributed by atoms with van der Waals surface area (Å²) in [4.78, 5) is 0. The van der Waals surface area contributed by atoms with Crippen molar-refractivity contribution in [1.29, 1.82) is 0 Å². The van der Waals surface area contributed by atoms with Crippen LogP contribution in [-0.4, -0.2) is 36.0 Å². The molecule has 0 N–H and O–H groups in total. The van der Waals surface area contributed by atoms with E-state index in [1.165, 1.54) is 0 Å². The SMILES string of the molecule is CCC(O[Si])OC1(CC)OCCCO1. The van der Waals surface area contributed by atoms with Crippen LogP contribution in [0.1, 0.15) is 33.1 Å². The highest BCUT2D eigenvalue weighted by atomic mass is 28.2. The lowest BCUT2D eigenvalue weighted by molar-refractivity contribution is -0.427. The smallest absolute Gasteiger partial charge is 0.284 e. The zero-order valence-electron chi connectivity index (χ0n) is 8.75. The Labute approximate surface area is 88.4 Å². The highest BCUT2D eigenvalue weighted by Crippen LogP contribution is 2.26. The molecular weight excluding hydrogens is 200 g/mol. The van der Waals surface area contributed by atoms with E-state index in [9.17, 15) is 0 Å². The molecule has 1 aliphatic heterocycles. The van der Waals surface area contributed by atoms with Crippen molar-refractivity contribution in [2.45, 2.75) is 45.4 Å². The van der Waals surface area contributed by atoms with Gasteiger partial charge in [0.15, 0.2) is 6.29 Å². The second-order valence-corrected chi connectivity index (χ2v) is 3.40. The third kappa shape index (κ3) is 3.03. The highest BCUT2D eigenvalue weighted by molar-refractivity contribution is 5.98. The van der Waals surface area contributed by atoms with Crippen molar-refractivity contribution in [3.05, 3.63) is 0 Å². The second-order valence-electron chi connectivity index (χ2n) is 3.16. The molecular formula is C9H17O4Si. The molecule has 0 bridgehead atoms. The van der Waals surface area contributed by atoms with E-state index in [1.54, 1.807) is 0 Å². The Bertz CT molecular complexity index is 155. The maximum atomic E-state index is 5.61. The summed E-state index contributed by atoms with van der Waals surface area (Å²) in [6.07, 6.45) is 1.96. The molecule has 0 spiro atoms. The number of hydrogen-bond donors (Lipinski definition) is 0. The second kappa shape index (κ2) is 5.82. The Morgan fingerprint density at radius 3 is 2.43 bits per heavy atom. The summed E-state index contributed by atoms with van der Waals surface area (Å²) in [6, 6.07) is 0. The van der Waals surface area contributed by atoms with Crippen molar-refractivity contribution >= 4 is 10.5 Å². The first-order valence-electron chi connectivity index (χ1n) is 5.04. The fourth-order valence-corrected chi connectivity index (χ4v) is 1.52. The molecule has 0 aromatic heterocycles. The number of hydrogen-bond acceptors (Lipinski definition) is 4. The van der Waals surface area contributed by atoms with E-state index in [0.717, 1.165) is 12.8 Å². The zero-order valence-corrected chi connectivity index (χ0v) is 9.75. The van der Waals surface area contributed by atoms with E-state index in [0.29, 0.717) is 19.6 Å².